The van der Waals surface area contributed by atoms with Crippen molar-refractivity contribution in [3.8, 4) is 11.5 Å². The number of para-hydroxylation sites is 1. The number of rotatable bonds is 9. The second kappa shape index (κ2) is 10.2. The number of benzene rings is 2. The molecule has 24 heavy (non-hydrogen) atoms. The lowest BCUT2D eigenvalue weighted by Gasteiger charge is -2.07. The lowest BCUT2D eigenvalue weighted by molar-refractivity contribution is 0.313. The number of nitrogens with two attached hydrogens (primary N) is 1. The minimum atomic E-state index is 0.475. The van der Waals surface area contributed by atoms with Gasteiger partial charge in [0.25, 0.3) is 0 Å². The van der Waals surface area contributed by atoms with Crippen molar-refractivity contribution in [3.63, 3.8) is 0 Å². The Morgan fingerprint density at radius 2 is 1.79 bits per heavy atom. The van der Waals surface area contributed by atoms with Crippen LogP contribution in [0, 0.1) is 0 Å². The second-order valence-corrected chi connectivity index (χ2v) is 5.31. The molecule has 2 rings (SSSR count). The van der Waals surface area contributed by atoms with Crippen molar-refractivity contribution in [2.45, 2.75) is 12.8 Å². The minimum absolute atomic E-state index is 0.475. The van der Waals surface area contributed by atoms with E-state index in [9.17, 15) is 0 Å². The number of hydrogen-bond acceptors (Lipinski definition) is 3. The number of hydrogen-bond donors (Lipinski definition) is 2. The van der Waals surface area contributed by atoms with Crippen molar-refractivity contribution in [2.75, 3.05) is 26.8 Å². The molecule has 0 saturated heterocycles. The number of nitrogens with one attached hydrogen (secondary N) is 1. The van der Waals surface area contributed by atoms with E-state index in [0.29, 0.717) is 19.1 Å². The monoisotopic (exact) mass is 327 g/mol. The predicted molar refractivity (Wildman–Crippen MR) is 97.7 cm³/mol. The molecule has 0 spiro atoms. The SMILES string of the molecule is COc1ccc(CCNC(N)=NCCCOc2ccccc2)cc1. The molecule has 0 bridgehead atoms. The van der Waals surface area contributed by atoms with E-state index in [2.05, 4.69) is 22.4 Å². The zero-order chi connectivity index (χ0) is 17.0. The van der Waals surface area contributed by atoms with Crippen LogP contribution < -0.4 is 20.5 Å². The van der Waals surface area contributed by atoms with Gasteiger partial charge in [0.15, 0.2) is 5.96 Å². The van der Waals surface area contributed by atoms with Gasteiger partial charge in [-0.05, 0) is 36.2 Å². The van der Waals surface area contributed by atoms with Gasteiger partial charge < -0.3 is 20.5 Å². The molecule has 5 nitrogen and oxygen atoms in total. The summed E-state index contributed by atoms with van der Waals surface area (Å²) in [5.74, 6) is 2.22. The van der Waals surface area contributed by atoms with Crippen molar-refractivity contribution in [2.24, 2.45) is 10.7 Å². The molecule has 0 heterocycles. The highest BCUT2D eigenvalue weighted by Gasteiger charge is 1.96. The van der Waals surface area contributed by atoms with Crippen molar-refractivity contribution >= 4 is 5.96 Å². The summed E-state index contributed by atoms with van der Waals surface area (Å²) in [5, 5.41) is 3.12. The minimum Gasteiger partial charge on any atom is -0.497 e. The molecular formula is C19H25N3O2. The molecule has 0 unspecified atom stereocenters. The normalized spacial score (nSPS) is 11.1. The average Bonchev–Trinajstić information content (AvgIpc) is 2.63. The van der Waals surface area contributed by atoms with E-state index in [4.69, 9.17) is 15.2 Å². The van der Waals surface area contributed by atoms with E-state index in [1.807, 2.05) is 42.5 Å². The zero-order valence-electron chi connectivity index (χ0n) is 14.1. The van der Waals surface area contributed by atoms with Crippen LogP contribution in [0.5, 0.6) is 11.5 Å². The second-order valence-electron chi connectivity index (χ2n) is 5.31. The molecule has 0 saturated carbocycles. The summed E-state index contributed by atoms with van der Waals surface area (Å²) < 4.78 is 10.7. The van der Waals surface area contributed by atoms with Crippen molar-refractivity contribution < 1.29 is 9.47 Å². The third-order valence-corrected chi connectivity index (χ3v) is 3.48. The van der Waals surface area contributed by atoms with Crippen LogP contribution in [-0.2, 0) is 6.42 Å². The molecule has 0 radical (unpaired) electrons. The fraction of sp³-hybridized carbons (Fsp3) is 0.316. The van der Waals surface area contributed by atoms with E-state index in [1.165, 1.54) is 5.56 Å². The van der Waals surface area contributed by atoms with E-state index >= 15 is 0 Å². The highest BCUT2D eigenvalue weighted by molar-refractivity contribution is 5.77. The first-order valence-electron chi connectivity index (χ1n) is 8.12. The number of ether oxygens (including phenoxy) is 2. The number of nitrogens with zero attached hydrogens (tertiary/aromatic N) is 1. The van der Waals surface area contributed by atoms with Crippen molar-refractivity contribution in [1.29, 1.82) is 0 Å². The molecule has 5 heteroatoms. The summed E-state index contributed by atoms with van der Waals surface area (Å²) in [6.45, 7) is 2.03. The Balaban J connectivity index is 1.57. The van der Waals surface area contributed by atoms with Gasteiger partial charge in [-0.15, -0.1) is 0 Å². The lowest BCUT2D eigenvalue weighted by Crippen LogP contribution is -2.33. The Hall–Kier alpha value is -2.69. The van der Waals surface area contributed by atoms with Crippen LogP contribution in [0.2, 0.25) is 0 Å². The van der Waals surface area contributed by atoms with Gasteiger partial charge in [0, 0.05) is 19.5 Å². The molecule has 0 amide bonds. The van der Waals surface area contributed by atoms with Gasteiger partial charge in [0.1, 0.15) is 11.5 Å². The van der Waals surface area contributed by atoms with Gasteiger partial charge in [-0.25, -0.2) is 0 Å². The Labute approximate surface area is 143 Å². The van der Waals surface area contributed by atoms with E-state index < -0.39 is 0 Å². The summed E-state index contributed by atoms with van der Waals surface area (Å²) in [7, 11) is 1.67. The van der Waals surface area contributed by atoms with Crippen LogP contribution in [0.3, 0.4) is 0 Å². The standard InChI is InChI=1S/C19H25N3O2/c1-23-17-10-8-16(9-11-17)12-14-22-19(20)21-13-5-15-24-18-6-3-2-4-7-18/h2-4,6-11H,5,12-15H2,1H3,(H3,20,21,22). The molecule has 0 aliphatic rings. The Bertz CT molecular complexity index is 612. The molecule has 0 atom stereocenters. The van der Waals surface area contributed by atoms with Crippen molar-refractivity contribution in [1.82, 2.24) is 5.32 Å². The number of methoxy groups -OCH3 is 1. The number of guanidine groups is 1. The fourth-order valence-corrected chi connectivity index (χ4v) is 2.15. The summed E-state index contributed by atoms with van der Waals surface area (Å²) >= 11 is 0. The predicted octanol–water partition coefficient (Wildman–Crippen LogP) is 2.61. The van der Waals surface area contributed by atoms with Crippen LogP contribution in [0.15, 0.2) is 59.6 Å². The summed E-state index contributed by atoms with van der Waals surface area (Å²) in [6, 6.07) is 17.8. The van der Waals surface area contributed by atoms with Crippen molar-refractivity contribution in [3.05, 3.63) is 60.2 Å². The Kier molecular flexibility index (Phi) is 7.47. The van der Waals surface area contributed by atoms with Crippen LogP contribution in [0.1, 0.15) is 12.0 Å². The summed E-state index contributed by atoms with van der Waals surface area (Å²) in [4.78, 5) is 4.30. The first-order valence-corrected chi connectivity index (χ1v) is 8.12. The third-order valence-electron chi connectivity index (χ3n) is 3.48. The van der Waals surface area contributed by atoms with Crippen LogP contribution >= 0.6 is 0 Å². The Morgan fingerprint density at radius 1 is 1.04 bits per heavy atom. The van der Waals surface area contributed by atoms with Gasteiger partial charge in [-0.3, -0.25) is 4.99 Å². The maximum atomic E-state index is 5.85. The lowest BCUT2D eigenvalue weighted by atomic mass is 10.1. The maximum absolute atomic E-state index is 5.85. The molecule has 0 aromatic heterocycles. The van der Waals surface area contributed by atoms with Crippen LogP contribution in [-0.4, -0.2) is 32.8 Å². The first-order chi connectivity index (χ1) is 11.8. The molecule has 0 aliphatic carbocycles. The van der Waals surface area contributed by atoms with Gasteiger partial charge >= 0.3 is 0 Å². The highest BCUT2D eigenvalue weighted by Crippen LogP contribution is 2.11. The van der Waals surface area contributed by atoms with Gasteiger partial charge in [0.05, 0.1) is 13.7 Å². The molecule has 2 aromatic carbocycles. The van der Waals surface area contributed by atoms with Gasteiger partial charge in [-0.1, -0.05) is 30.3 Å². The van der Waals surface area contributed by atoms with E-state index in [1.54, 1.807) is 7.11 Å². The Morgan fingerprint density at radius 3 is 2.50 bits per heavy atom. The summed E-state index contributed by atoms with van der Waals surface area (Å²) in [6.07, 6.45) is 1.72. The molecule has 0 aliphatic heterocycles. The van der Waals surface area contributed by atoms with Crippen LogP contribution in [0.25, 0.3) is 0 Å². The van der Waals surface area contributed by atoms with Gasteiger partial charge in [-0.2, -0.15) is 0 Å². The molecule has 128 valence electrons. The molecule has 0 fully saturated rings. The highest BCUT2D eigenvalue weighted by atomic mass is 16.5. The molecule has 2 aromatic rings. The van der Waals surface area contributed by atoms with E-state index in [0.717, 1.165) is 30.9 Å². The maximum Gasteiger partial charge on any atom is 0.188 e. The number of aliphatic imine (C=N–C) groups is 1. The quantitative estimate of drug-likeness (QED) is 0.422. The fourth-order valence-electron chi connectivity index (χ4n) is 2.15. The largest absolute Gasteiger partial charge is 0.497 e. The smallest absolute Gasteiger partial charge is 0.188 e. The van der Waals surface area contributed by atoms with Gasteiger partial charge in [0.2, 0.25) is 0 Å². The molecule has 3 N–H and O–H groups in total. The van der Waals surface area contributed by atoms with Crippen LogP contribution in [0.4, 0.5) is 0 Å². The average molecular weight is 327 g/mol. The first kappa shape index (κ1) is 17.7. The zero-order valence-corrected chi connectivity index (χ0v) is 14.1. The summed E-state index contributed by atoms with van der Waals surface area (Å²) in [5.41, 5.74) is 7.08. The topological polar surface area (TPSA) is 68.9 Å². The van der Waals surface area contributed by atoms with E-state index in [-0.39, 0.29) is 0 Å². The third kappa shape index (κ3) is 6.60. The molecular weight excluding hydrogens is 302 g/mol.